The van der Waals surface area contributed by atoms with E-state index in [9.17, 15) is 9.59 Å². The smallest absolute Gasteiger partial charge is 0.339 e. The molecule has 0 fully saturated rings. The maximum Gasteiger partial charge on any atom is 0.339 e. The molecule has 0 radical (unpaired) electrons. The van der Waals surface area contributed by atoms with Gasteiger partial charge in [-0.25, -0.2) is 4.79 Å². The predicted octanol–water partition coefficient (Wildman–Crippen LogP) is 4.17. The van der Waals surface area contributed by atoms with Crippen LogP contribution in [0.5, 0.6) is 5.75 Å². The molecule has 0 heterocycles. The summed E-state index contributed by atoms with van der Waals surface area (Å²) >= 11 is 0. The van der Waals surface area contributed by atoms with Crippen molar-refractivity contribution in [2.45, 2.75) is 26.1 Å². The molecule has 0 aromatic heterocycles. The molecule has 0 saturated heterocycles. The predicted molar refractivity (Wildman–Crippen MR) is 115 cm³/mol. The maximum absolute atomic E-state index is 12.6. The fourth-order valence-electron chi connectivity index (χ4n) is 2.92. The normalized spacial score (nSPS) is 11.4. The van der Waals surface area contributed by atoms with Crippen LogP contribution in [-0.2, 0) is 22.6 Å². The zero-order valence-corrected chi connectivity index (χ0v) is 16.9. The van der Waals surface area contributed by atoms with Gasteiger partial charge in [-0.2, -0.15) is 0 Å². The third kappa shape index (κ3) is 6.21. The van der Waals surface area contributed by atoms with Crippen molar-refractivity contribution in [3.8, 4) is 5.75 Å². The number of ether oxygens (including phenoxy) is 2. The Bertz CT molecular complexity index is 957. The molecule has 3 aromatic rings. The first-order valence-electron chi connectivity index (χ1n) is 9.92. The van der Waals surface area contributed by atoms with Crippen LogP contribution in [0.1, 0.15) is 28.4 Å². The van der Waals surface area contributed by atoms with Crippen molar-refractivity contribution in [2.75, 3.05) is 6.54 Å². The summed E-state index contributed by atoms with van der Waals surface area (Å²) in [5, 5.41) is 2.81. The number of para-hydroxylation sites is 1. The highest BCUT2D eigenvalue weighted by Gasteiger charge is 2.20. The summed E-state index contributed by atoms with van der Waals surface area (Å²) in [5.74, 6) is -0.155. The van der Waals surface area contributed by atoms with Crippen LogP contribution in [0.25, 0.3) is 0 Å². The summed E-state index contributed by atoms with van der Waals surface area (Å²) in [7, 11) is 0. The average Bonchev–Trinajstić information content (AvgIpc) is 2.79. The van der Waals surface area contributed by atoms with Gasteiger partial charge in [0, 0.05) is 12.1 Å². The molecule has 1 N–H and O–H groups in total. The SMILES string of the molecule is C[C@@H](OC(=O)c1ccccc1COc1ccccc1)C(=O)NCCc1ccccc1. The van der Waals surface area contributed by atoms with Crippen molar-refractivity contribution in [1.29, 1.82) is 0 Å². The Kier molecular flexibility index (Phi) is 7.61. The molecule has 0 spiro atoms. The van der Waals surface area contributed by atoms with Crippen LogP contribution in [0.3, 0.4) is 0 Å². The molecule has 1 atom stereocenters. The van der Waals surface area contributed by atoms with E-state index in [-0.39, 0.29) is 12.5 Å². The quantitative estimate of drug-likeness (QED) is 0.545. The molecule has 5 heteroatoms. The molecule has 0 aliphatic carbocycles. The van der Waals surface area contributed by atoms with Crippen LogP contribution in [0, 0.1) is 0 Å². The van der Waals surface area contributed by atoms with Gasteiger partial charge in [0.15, 0.2) is 6.10 Å². The number of esters is 1. The van der Waals surface area contributed by atoms with E-state index in [0.717, 1.165) is 5.56 Å². The topological polar surface area (TPSA) is 64.6 Å². The molecule has 5 nitrogen and oxygen atoms in total. The zero-order valence-electron chi connectivity index (χ0n) is 16.9. The molecular formula is C25H25NO4. The molecule has 0 aliphatic heterocycles. The minimum atomic E-state index is -0.892. The molecule has 0 aliphatic rings. The van der Waals surface area contributed by atoms with Gasteiger partial charge >= 0.3 is 5.97 Å². The van der Waals surface area contributed by atoms with Crippen LogP contribution in [0.15, 0.2) is 84.9 Å². The largest absolute Gasteiger partial charge is 0.489 e. The Balaban J connectivity index is 1.52. The minimum Gasteiger partial charge on any atom is -0.489 e. The Labute approximate surface area is 176 Å². The van der Waals surface area contributed by atoms with E-state index in [0.29, 0.717) is 29.8 Å². The molecule has 3 aromatic carbocycles. The molecule has 30 heavy (non-hydrogen) atoms. The summed E-state index contributed by atoms with van der Waals surface area (Å²) in [4.78, 5) is 24.9. The Morgan fingerprint density at radius 2 is 1.50 bits per heavy atom. The van der Waals surface area contributed by atoms with Gasteiger partial charge in [0.2, 0.25) is 0 Å². The maximum atomic E-state index is 12.6. The van der Waals surface area contributed by atoms with E-state index in [1.54, 1.807) is 19.1 Å². The van der Waals surface area contributed by atoms with Crippen molar-refractivity contribution in [2.24, 2.45) is 0 Å². The Hall–Kier alpha value is -3.60. The second-order valence-corrected chi connectivity index (χ2v) is 6.83. The fraction of sp³-hybridized carbons (Fsp3) is 0.200. The fourth-order valence-corrected chi connectivity index (χ4v) is 2.92. The number of carbonyl (C=O) groups is 2. The molecule has 1 amide bonds. The second kappa shape index (κ2) is 10.8. The van der Waals surface area contributed by atoms with E-state index < -0.39 is 12.1 Å². The number of amides is 1. The summed E-state index contributed by atoms with van der Waals surface area (Å²) in [5.41, 5.74) is 2.22. The lowest BCUT2D eigenvalue weighted by molar-refractivity contribution is -0.129. The van der Waals surface area contributed by atoms with E-state index in [4.69, 9.17) is 9.47 Å². The first-order valence-corrected chi connectivity index (χ1v) is 9.92. The van der Waals surface area contributed by atoms with Gasteiger partial charge in [0.1, 0.15) is 12.4 Å². The van der Waals surface area contributed by atoms with Crippen LogP contribution in [0.2, 0.25) is 0 Å². The molecule has 0 bridgehead atoms. The van der Waals surface area contributed by atoms with Crippen molar-refractivity contribution in [3.63, 3.8) is 0 Å². The highest BCUT2D eigenvalue weighted by atomic mass is 16.5. The summed E-state index contributed by atoms with van der Waals surface area (Å²) in [6, 6.07) is 26.3. The van der Waals surface area contributed by atoms with Crippen LogP contribution in [0.4, 0.5) is 0 Å². The highest BCUT2D eigenvalue weighted by Crippen LogP contribution is 2.16. The third-order valence-corrected chi connectivity index (χ3v) is 4.58. The van der Waals surface area contributed by atoms with Crippen LogP contribution >= 0.6 is 0 Å². The number of benzene rings is 3. The van der Waals surface area contributed by atoms with E-state index in [2.05, 4.69) is 5.32 Å². The van der Waals surface area contributed by atoms with E-state index >= 15 is 0 Å². The number of hydrogen-bond acceptors (Lipinski definition) is 4. The number of carbonyl (C=O) groups excluding carboxylic acids is 2. The van der Waals surface area contributed by atoms with Gasteiger partial charge in [-0.1, -0.05) is 66.7 Å². The van der Waals surface area contributed by atoms with Crippen LogP contribution < -0.4 is 10.1 Å². The molecule has 0 saturated carbocycles. The summed E-state index contributed by atoms with van der Waals surface area (Å²) in [6.07, 6.45) is -0.177. The lowest BCUT2D eigenvalue weighted by Crippen LogP contribution is -2.37. The van der Waals surface area contributed by atoms with Gasteiger partial charge in [-0.15, -0.1) is 0 Å². The van der Waals surface area contributed by atoms with Crippen molar-refractivity contribution >= 4 is 11.9 Å². The molecule has 3 rings (SSSR count). The highest BCUT2D eigenvalue weighted by molar-refractivity contribution is 5.93. The monoisotopic (exact) mass is 403 g/mol. The number of nitrogens with one attached hydrogen (secondary N) is 1. The lowest BCUT2D eigenvalue weighted by atomic mass is 10.1. The Morgan fingerprint density at radius 3 is 2.23 bits per heavy atom. The van der Waals surface area contributed by atoms with Crippen LogP contribution in [-0.4, -0.2) is 24.5 Å². The third-order valence-electron chi connectivity index (χ3n) is 4.58. The van der Waals surface area contributed by atoms with Gasteiger partial charge in [0.05, 0.1) is 5.56 Å². The van der Waals surface area contributed by atoms with Gasteiger partial charge < -0.3 is 14.8 Å². The second-order valence-electron chi connectivity index (χ2n) is 6.83. The average molecular weight is 403 g/mol. The van der Waals surface area contributed by atoms with Crippen molar-refractivity contribution < 1.29 is 19.1 Å². The van der Waals surface area contributed by atoms with E-state index in [1.165, 1.54) is 0 Å². The lowest BCUT2D eigenvalue weighted by Gasteiger charge is -2.15. The van der Waals surface area contributed by atoms with E-state index in [1.807, 2.05) is 72.8 Å². The Morgan fingerprint density at radius 1 is 0.867 bits per heavy atom. The molecular weight excluding hydrogens is 378 g/mol. The minimum absolute atomic E-state index is 0.229. The number of hydrogen-bond donors (Lipinski definition) is 1. The van der Waals surface area contributed by atoms with Crippen molar-refractivity contribution in [1.82, 2.24) is 5.32 Å². The molecule has 154 valence electrons. The summed E-state index contributed by atoms with van der Waals surface area (Å²) < 4.78 is 11.1. The first-order chi connectivity index (χ1) is 14.6. The summed E-state index contributed by atoms with van der Waals surface area (Å²) in [6.45, 7) is 2.28. The zero-order chi connectivity index (χ0) is 21.2. The van der Waals surface area contributed by atoms with Gasteiger partial charge in [0.25, 0.3) is 5.91 Å². The standard InChI is InChI=1S/C25H25NO4/c1-19(24(27)26-17-16-20-10-4-2-5-11-20)30-25(28)23-15-9-8-12-21(23)18-29-22-13-6-3-7-14-22/h2-15,19H,16-18H2,1H3,(H,26,27)/t19-/m1/s1. The first kappa shape index (κ1) is 21.1. The molecule has 0 unspecified atom stereocenters. The van der Waals surface area contributed by atoms with Gasteiger partial charge in [-0.3, -0.25) is 4.79 Å². The van der Waals surface area contributed by atoms with Crippen molar-refractivity contribution in [3.05, 3.63) is 102 Å². The van der Waals surface area contributed by atoms with Gasteiger partial charge in [-0.05, 0) is 37.1 Å². The number of rotatable bonds is 9.